The van der Waals surface area contributed by atoms with Crippen molar-refractivity contribution in [3.05, 3.63) is 89.6 Å². The van der Waals surface area contributed by atoms with Crippen LogP contribution in [0.3, 0.4) is 0 Å². The third-order valence-electron chi connectivity index (χ3n) is 7.68. The number of carbonyl (C=O) groups is 2. The Bertz CT molecular complexity index is 1530. The molecule has 0 unspecified atom stereocenters. The molecule has 2 aromatic heterocycles. The van der Waals surface area contributed by atoms with Gasteiger partial charge in [0.05, 0.1) is 5.69 Å². The van der Waals surface area contributed by atoms with Crippen LogP contribution in [0, 0.1) is 5.82 Å². The van der Waals surface area contributed by atoms with Gasteiger partial charge in [-0.15, -0.1) is 0 Å². The SMILES string of the molecule is CC(C)N1CCCN(C(=O)c2ccccn2)c2cc(F)ccc2CN(C(=O)c2cc3ccc(N(C)C)cc3[nH]2)CC1. The van der Waals surface area contributed by atoms with Crippen LogP contribution in [0.15, 0.2) is 66.9 Å². The van der Waals surface area contributed by atoms with E-state index < -0.39 is 5.82 Å². The number of nitrogens with one attached hydrogen (secondary N) is 1. The molecule has 214 valence electrons. The second-order valence-corrected chi connectivity index (χ2v) is 11.0. The number of aromatic amines is 1. The van der Waals surface area contributed by atoms with Crippen molar-refractivity contribution in [3.8, 4) is 0 Å². The van der Waals surface area contributed by atoms with Gasteiger partial charge in [-0.05, 0) is 68.3 Å². The zero-order valence-electron chi connectivity index (χ0n) is 24.1. The molecule has 0 fully saturated rings. The quantitative estimate of drug-likeness (QED) is 0.375. The predicted octanol–water partition coefficient (Wildman–Crippen LogP) is 5.17. The van der Waals surface area contributed by atoms with Gasteiger partial charge in [0.15, 0.2) is 0 Å². The lowest BCUT2D eigenvalue weighted by Gasteiger charge is -2.30. The number of aromatic nitrogens is 2. The van der Waals surface area contributed by atoms with Gasteiger partial charge in [-0.1, -0.05) is 18.2 Å². The minimum atomic E-state index is -0.438. The summed E-state index contributed by atoms with van der Waals surface area (Å²) in [4.78, 5) is 43.0. The summed E-state index contributed by atoms with van der Waals surface area (Å²) < 4.78 is 14.7. The molecule has 1 aliphatic heterocycles. The van der Waals surface area contributed by atoms with Crippen molar-refractivity contribution in [2.24, 2.45) is 0 Å². The van der Waals surface area contributed by atoms with Crippen LogP contribution in [0.5, 0.6) is 0 Å². The number of hydrogen-bond acceptors (Lipinski definition) is 5. The number of pyridine rings is 1. The summed E-state index contributed by atoms with van der Waals surface area (Å²) in [7, 11) is 3.96. The largest absolute Gasteiger partial charge is 0.378 e. The van der Waals surface area contributed by atoms with Crippen molar-refractivity contribution in [1.82, 2.24) is 19.8 Å². The van der Waals surface area contributed by atoms with E-state index in [1.807, 2.05) is 43.3 Å². The van der Waals surface area contributed by atoms with Crippen molar-refractivity contribution in [1.29, 1.82) is 0 Å². The van der Waals surface area contributed by atoms with Gasteiger partial charge in [0.2, 0.25) is 0 Å². The zero-order valence-corrected chi connectivity index (χ0v) is 24.1. The molecule has 8 nitrogen and oxygen atoms in total. The fraction of sp³-hybridized carbons (Fsp3) is 0.344. The van der Waals surface area contributed by atoms with Crippen molar-refractivity contribution in [2.45, 2.75) is 32.9 Å². The van der Waals surface area contributed by atoms with Gasteiger partial charge < -0.3 is 19.7 Å². The van der Waals surface area contributed by atoms with E-state index in [1.54, 1.807) is 40.3 Å². The summed E-state index contributed by atoms with van der Waals surface area (Å²) in [5.74, 6) is -0.877. The minimum Gasteiger partial charge on any atom is -0.378 e. The molecule has 0 aliphatic carbocycles. The average molecular weight is 557 g/mol. The number of carbonyl (C=O) groups excluding carboxylic acids is 2. The predicted molar refractivity (Wildman–Crippen MR) is 161 cm³/mol. The first kappa shape index (κ1) is 28.3. The maximum Gasteiger partial charge on any atom is 0.276 e. The highest BCUT2D eigenvalue weighted by Crippen LogP contribution is 2.28. The first-order chi connectivity index (χ1) is 19.7. The lowest BCUT2D eigenvalue weighted by atomic mass is 10.1. The van der Waals surface area contributed by atoms with Gasteiger partial charge in [-0.2, -0.15) is 0 Å². The number of fused-ring (bicyclic) bond motifs is 2. The number of amides is 2. The first-order valence-corrected chi connectivity index (χ1v) is 14.1. The van der Waals surface area contributed by atoms with Gasteiger partial charge in [0, 0.05) is 75.6 Å². The maximum atomic E-state index is 14.7. The fourth-order valence-electron chi connectivity index (χ4n) is 5.33. The lowest BCUT2D eigenvalue weighted by Crippen LogP contribution is -2.41. The van der Waals surface area contributed by atoms with Crippen LogP contribution in [0.2, 0.25) is 0 Å². The second-order valence-electron chi connectivity index (χ2n) is 11.0. The average Bonchev–Trinajstić information content (AvgIpc) is 3.38. The molecule has 3 heterocycles. The molecule has 0 saturated carbocycles. The highest BCUT2D eigenvalue weighted by atomic mass is 19.1. The third-order valence-corrected chi connectivity index (χ3v) is 7.68. The molecule has 41 heavy (non-hydrogen) atoms. The summed E-state index contributed by atoms with van der Waals surface area (Å²) in [6.07, 6.45) is 2.27. The molecule has 5 rings (SSSR count). The zero-order chi connectivity index (χ0) is 29.1. The molecule has 0 saturated heterocycles. The summed E-state index contributed by atoms with van der Waals surface area (Å²) in [6.45, 7) is 6.79. The smallest absolute Gasteiger partial charge is 0.276 e. The van der Waals surface area contributed by atoms with E-state index in [9.17, 15) is 14.0 Å². The van der Waals surface area contributed by atoms with Crippen LogP contribution in [-0.4, -0.2) is 77.9 Å². The second kappa shape index (κ2) is 12.1. The summed E-state index contributed by atoms with van der Waals surface area (Å²) >= 11 is 0. The Morgan fingerprint density at radius 3 is 2.51 bits per heavy atom. The van der Waals surface area contributed by atoms with Crippen LogP contribution >= 0.6 is 0 Å². The molecular formula is C32H37FN6O2. The number of anilines is 2. The van der Waals surface area contributed by atoms with Crippen LogP contribution in [0.1, 0.15) is 46.8 Å². The van der Waals surface area contributed by atoms with E-state index in [0.29, 0.717) is 48.7 Å². The first-order valence-electron chi connectivity index (χ1n) is 14.1. The number of benzene rings is 2. The molecule has 0 bridgehead atoms. The highest BCUT2D eigenvalue weighted by Gasteiger charge is 2.27. The molecule has 9 heteroatoms. The Morgan fingerprint density at radius 1 is 0.951 bits per heavy atom. The normalized spacial score (nSPS) is 15.1. The Kier molecular flexibility index (Phi) is 8.35. The maximum absolute atomic E-state index is 14.7. The number of hydrogen-bond donors (Lipinski definition) is 1. The summed E-state index contributed by atoms with van der Waals surface area (Å²) in [6, 6.07) is 17.8. The molecule has 0 spiro atoms. The van der Waals surface area contributed by atoms with Crippen LogP contribution in [0.4, 0.5) is 15.8 Å². The standard InChI is InChI=1S/C32H37FN6O2/c1-22(2)37-14-7-15-39(32(41)27-8-5-6-13-34-27)30-19-25(33)11-9-24(30)21-38(17-16-37)31(40)29-18-23-10-12-26(36(3)4)20-28(23)35-29/h5-6,8-13,18-20,22,35H,7,14-17,21H2,1-4H3. The van der Waals surface area contributed by atoms with Crippen LogP contribution in [-0.2, 0) is 6.54 Å². The number of rotatable bonds is 4. The van der Waals surface area contributed by atoms with Gasteiger partial charge in [0.25, 0.3) is 11.8 Å². The van der Waals surface area contributed by atoms with E-state index in [4.69, 9.17) is 0 Å². The van der Waals surface area contributed by atoms with E-state index in [1.165, 1.54) is 12.1 Å². The highest BCUT2D eigenvalue weighted by molar-refractivity contribution is 6.05. The van der Waals surface area contributed by atoms with Crippen molar-refractivity contribution >= 4 is 34.1 Å². The topological polar surface area (TPSA) is 75.8 Å². The Hall–Kier alpha value is -4.24. The van der Waals surface area contributed by atoms with E-state index in [2.05, 4.69) is 28.7 Å². The molecule has 1 aliphatic rings. The Labute approximate surface area is 240 Å². The van der Waals surface area contributed by atoms with E-state index in [-0.39, 0.29) is 24.4 Å². The van der Waals surface area contributed by atoms with Gasteiger partial charge in [0.1, 0.15) is 17.2 Å². The number of H-pyrrole nitrogens is 1. The van der Waals surface area contributed by atoms with E-state index >= 15 is 0 Å². The molecule has 2 amide bonds. The Balaban J connectivity index is 1.54. The number of halogens is 1. The number of nitrogens with zero attached hydrogens (tertiary/aromatic N) is 5. The van der Waals surface area contributed by atoms with Gasteiger partial charge in [-0.3, -0.25) is 19.5 Å². The van der Waals surface area contributed by atoms with Gasteiger partial charge in [-0.25, -0.2) is 4.39 Å². The lowest BCUT2D eigenvalue weighted by molar-refractivity contribution is 0.0707. The van der Waals surface area contributed by atoms with Crippen LogP contribution in [0.25, 0.3) is 10.9 Å². The molecule has 0 radical (unpaired) electrons. The van der Waals surface area contributed by atoms with Crippen LogP contribution < -0.4 is 9.80 Å². The van der Waals surface area contributed by atoms with Crippen molar-refractivity contribution in [3.63, 3.8) is 0 Å². The molecule has 4 aromatic rings. The van der Waals surface area contributed by atoms with E-state index in [0.717, 1.165) is 23.1 Å². The monoisotopic (exact) mass is 556 g/mol. The Morgan fingerprint density at radius 2 is 1.78 bits per heavy atom. The fourth-order valence-corrected chi connectivity index (χ4v) is 5.33. The molecule has 1 N–H and O–H groups in total. The summed E-state index contributed by atoms with van der Waals surface area (Å²) in [5, 5.41) is 0.954. The summed E-state index contributed by atoms with van der Waals surface area (Å²) in [5.41, 5.74) is 3.87. The van der Waals surface area contributed by atoms with Crippen molar-refractivity contribution in [2.75, 3.05) is 50.1 Å². The molecular weight excluding hydrogens is 519 g/mol. The van der Waals surface area contributed by atoms with Crippen molar-refractivity contribution < 1.29 is 14.0 Å². The minimum absolute atomic E-state index is 0.145. The molecule has 2 aromatic carbocycles. The van der Waals surface area contributed by atoms with Gasteiger partial charge >= 0.3 is 0 Å². The third kappa shape index (κ3) is 6.25. The molecule has 0 atom stereocenters.